The Balaban J connectivity index is 1.65. The lowest BCUT2D eigenvalue weighted by Crippen LogP contribution is -2.45. The zero-order valence-electron chi connectivity index (χ0n) is 13.0. The van der Waals surface area contributed by atoms with Crippen molar-refractivity contribution in [1.82, 2.24) is 10.2 Å². The number of likely N-dealkylation sites (tertiary alicyclic amines) is 1. The summed E-state index contributed by atoms with van der Waals surface area (Å²) in [7, 11) is 0. The summed E-state index contributed by atoms with van der Waals surface area (Å²) in [5.41, 5.74) is 1.54. The quantitative estimate of drug-likeness (QED) is 0.905. The molecule has 1 heterocycles. The molecule has 1 saturated heterocycles. The molecule has 1 N–H and O–H groups in total. The molecule has 0 radical (unpaired) electrons. The number of amides is 2. The number of hydrogen-bond acceptors (Lipinski definition) is 1. The maximum absolute atomic E-state index is 12.3. The molecule has 3 heteroatoms. The van der Waals surface area contributed by atoms with Crippen LogP contribution < -0.4 is 5.32 Å². The van der Waals surface area contributed by atoms with Crippen molar-refractivity contribution < 1.29 is 4.79 Å². The van der Waals surface area contributed by atoms with Gasteiger partial charge in [0, 0.05) is 25.0 Å². The molecule has 21 heavy (non-hydrogen) atoms. The van der Waals surface area contributed by atoms with Crippen LogP contribution in [0.1, 0.15) is 44.6 Å². The second kappa shape index (κ2) is 6.08. The van der Waals surface area contributed by atoms with Crippen molar-refractivity contribution in [2.45, 2.75) is 44.4 Å². The highest BCUT2D eigenvalue weighted by Gasteiger charge is 2.36. The lowest BCUT2D eigenvalue weighted by molar-refractivity contribution is 0.203. The molecule has 1 unspecified atom stereocenters. The molecule has 0 aromatic heterocycles. The zero-order chi connectivity index (χ0) is 14.7. The molecule has 1 aliphatic heterocycles. The van der Waals surface area contributed by atoms with Crippen LogP contribution in [0.25, 0.3) is 0 Å². The average Bonchev–Trinajstić information content (AvgIpc) is 3.16. The van der Waals surface area contributed by atoms with E-state index in [1.54, 1.807) is 0 Å². The summed E-state index contributed by atoms with van der Waals surface area (Å²) in [6, 6.07) is 10.8. The lowest BCUT2D eigenvalue weighted by Gasteiger charge is -2.31. The summed E-state index contributed by atoms with van der Waals surface area (Å²) >= 11 is 0. The van der Waals surface area contributed by atoms with E-state index in [9.17, 15) is 4.79 Å². The predicted octanol–water partition coefficient (Wildman–Crippen LogP) is 3.55. The van der Waals surface area contributed by atoms with Gasteiger partial charge in [0.25, 0.3) is 0 Å². The van der Waals surface area contributed by atoms with E-state index in [0.717, 1.165) is 26.1 Å². The monoisotopic (exact) mass is 286 g/mol. The van der Waals surface area contributed by atoms with Gasteiger partial charge < -0.3 is 10.2 Å². The molecule has 114 valence electrons. The molecule has 2 fully saturated rings. The van der Waals surface area contributed by atoms with Gasteiger partial charge in [-0.05, 0) is 30.7 Å². The summed E-state index contributed by atoms with van der Waals surface area (Å²) in [5.74, 6) is 0.644. The third-order valence-electron chi connectivity index (χ3n) is 5.24. The van der Waals surface area contributed by atoms with Crippen molar-refractivity contribution in [1.29, 1.82) is 0 Å². The van der Waals surface area contributed by atoms with Gasteiger partial charge in [0.2, 0.25) is 0 Å². The van der Waals surface area contributed by atoms with E-state index >= 15 is 0 Å². The molecule has 0 spiro atoms. The Bertz CT molecular complexity index is 479. The molecule has 3 rings (SSSR count). The Kier molecular flexibility index (Phi) is 4.18. The second-order valence-electron chi connectivity index (χ2n) is 6.85. The van der Waals surface area contributed by atoms with Crippen LogP contribution in [0.3, 0.4) is 0 Å². The lowest BCUT2D eigenvalue weighted by atomic mass is 9.79. The molecule has 2 amide bonds. The molecular weight excluding hydrogens is 260 g/mol. The smallest absolute Gasteiger partial charge is 0.317 e. The maximum Gasteiger partial charge on any atom is 0.317 e. The largest absolute Gasteiger partial charge is 0.337 e. The van der Waals surface area contributed by atoms with Gasteiger partial charge in [0.05, 0.1) is 0 Å². The first-order valence-electron chi connectivity index (χ1n) is 8.28. The molecule has 1 aromatic rings. The van der Waals surface area contributed by atoms with Crippen molar-refractivity contribution in [3.63, 3.8) is 0 Å². The first-order chi connectivity index (χ1) is 10.2. The number of hydrogen-bond donors (Lipinski definition) is 1. The van der Waals surface area contributed by atoms with Crippen LogP contribution in [-0.4, -0.2) is 30.6 Å². The summed E-state index contributed by atoms with van der Waals surface area (Å²) in [4.78, 5) is 14.3. The molecule has 2 aliphatic rings. The summed E-state index contributed by atoms with van der Waals surface area (Å²) in [6.45, 7) is 4.81. The Labute approximate surface area is 127 Å². The average molecular weight is 286 g/mol. The third-order valence-corrected chi connectivity index (χ3v) is 5.24. The Hall–Kier alpha value is -1.51. The minimum absolute atomic E-state index is 0.126. The van der Waals surface area contributed by atoms with E-state index in [2.05, 4.69) is 42.6 Å². The number of urea groups is 1. The summed E-state index contributed by atoms with van der Waals surface area (Å²) in [5, 5.41) is 3.21. The van der Waals surface area contributed by atoms with Gasteiger partial charge in [-0.15, -0.1) is 0 Å². The van der Waals surface area contributed by atoms with Crippen LogP contribution in [0.2, 0.25) is 0 Å². The van der Waals surface area contributed by atoms with E-state index in [0.29, 0.717) is 5.92 Å². The van der Waals surface area contributed by atoms with Crippen molar-refractivity contribution >= 4 is 6.03 Å². The number of nitrogens with zero attached hydrogens (tertiary/aromatic N) is 1. The molecule has 0 bridgehead atoms. The number of benzene rings is 1. The van der Waals surface area contributed by atoms with E-state index in [-0.39, 0.29) is 11.4 Å². The fourth-order valence-electron chi connectivity index (χ4n) is 3.89. The normalized spacial score (nSPS) is 24.2. The van der Waals surface area contributed by atoms with Gasteiger partial charge in [0.15, 0.2) is 0 Å². The maximum atomic E-state index is 12.3. The predicted molar refractivity (Wildman–Crippen MR) is 85.3 cm³/mol. The van der Waals surface area contributed by atoms with Gasteiger partial charge in [-0.3, -0.25) is 0 Å². The molecule has 1 aromatic carbocycles. The highest BCUT2D eigenvalue weighted by Crippen LogP contribution is 2.40. The number of rotatable bonds is 3. The topological polar surface area (TPSA) is 32.3 Å². The highest BCUT2D eigenvalue weighted by molar-refractivity contribution is 5.74. The first-order valence-corrected chi connectivity index (χ1v) is 8.28. The van der Waals surface area contributed by atoms with Crippen LogP contribution in [0.5, 0.6) is 0 Å². The number of carbonyl (C=O) groups excluding carboxylic acids is 1. The first kappa shape index (κ1) is 14.4. The van der Waals surface area contributed by atoms with E-state index < -0.39 is 0 Å². The third kappa shape index (κ3) is 3.07. The van der Waals surface area contributed by atoms with Crippen molar-refractivity contribution in [3.05, 3.63) is 35.9 Å². The standard InChI is InChI=1S/C18H26N2O/c1-15-9-12-20(13-15)17(21)19-14-18(10-5-6-11-18)16-7-3-2-4-8-16/h2-4,7-8,15H,5-6,9-14H2,1H3,(H,19,21). The Morgan fingerprint density at radius 2 is 2.00 bits per heavy atom. The number of nitrogens with one attached hydrogen (secondary N) is 1. The van der Waals surface area contributed by atoms with E-state index in [4.69, 9.17) is 0 Å². The molecule has 1 aliphatic carbocycles. The van der Waals surface area contributed by atoms with Gasteiger partial charge in [-0.1, -0.05) is 50.1 Å². The van der Waals surface area contributed by atoms with E-state index in [1.165, 1.54) is 31.2 Å². The highest BCUT2D eigenvalue weighted by atomic mass is 16.2. The van der Waals surface area contributed by atoms with Gasteiger partial charge in [0.1, 0.15) is 0 Å². The van der Waals surface area contributed by atoms with Crippen LogP contribution in [0.4, 0.5) is 4.79 Å². The van der Waals surface area contributed by atoms with Gasteiger partial charge >= 0.3 is 6.03 Å². The molecule has 3 nitrogen and oxygen atoms in total. The molecule has 1 saturated carbocycles. The van der Waals surface area contributed by atoms with Crippen molar-refractivity contribution in [2.24, 2.45) is 5.92 Å². The minimum Gasteiger partial charge on any atom is -0.337 e. The Morgan fingerprint density at radius 1 is 1.29 bits per heavy atom. The van der Waals surface area contributed by atoms with Crippen LogP contribution in [0, 0.1) is 5.92 Å². The fourth-order valence-corrected chi connectivity index (χ4v) is 3.89. The van der Waals surface area contributed by atoms with Gasteiger partial charge in [-0.25, -0.2) is 4.79 Å². The number of carbonyl (C=O) groups is 1. The second-order valence-corrected chi connectivity index (χ2v) is 6.85. The summed E-state index contributed by atoms with van der Waals surface area (Å²) < 4.78 is 0. The Morgan fingerprint density at radius 3 is 2.62 bits per heavy atom. The minimum atomic E-state index is 0.126. The fraction of sp³-hybridized carbons (Fsp3) is 0.611. The zero-order valence-corrected chi connectivity index (χ0v) is 13.0. The molecule has 1 atom stereocenters. The van der Waals surface area contributed by atoms with Crippen LogP contribution >= 0.6 is 0 Å². The van der Waals surface area contributed by atoms with Crippen LogP contribution in [-0.2, 0) is 5.41 Å². The van der Waals surface area contributed by atoms with Crippen molar-refractivity contribution in [2.75, 3.05) is 19.6 Å². The van der Waals surface area contributed by atoms with Crippen LogP contribution in [0.15, 0.2) is 30.3 Å². The SMILES string of the molecule is CC1CCN(C(=O)NCC2(c3ccccc3)CCCC2)C1. The summed E-state index contributed by atoms with van der Waals surface area (Å²) in [6.07, 6.45) is 6.05. The van der Waals surface area contributed by atoms with Crippen molar-refractivity contribution in [3.8, 4) is 0 Å². The molecular formula is C18H26N2O. The van der Waals surface area contributed by atoms with E-state index in [1.807, 2.05) is 4.90 Å². The van der Waals surface area contributed by atoms with Gasteiger partial charge in [-0.2, -0.15) is 0 Å².